The minimum absolute atomic E-state index is 0.0444. The minimum Gasteiger partial charge on any atom is -0.353 e. The Kier molecular flexibility index (Phi) is 4.24. The fraction of sp³-hybridized carbons (Fsp3) is 0.278. The van der Waals surface area contributed by atoms with Gasteiger partial charge < -0.3 is 9.80 Å². The molecule has 6 nitrogen and oxygen atoms in total. The van der Waals surface area contributed by atoms with E-state index in [9.17, 15) is 18.0 Å². The number of alkyl halides is 3. The van der Waals surface area contributed by atoms with Crippen molar-refractivity contribution in [2.75, 3.05) is 31.1 Å². The highest BCUT2D eigenvalue weighted by atomic mass is 32.1. The van der Waals surface area contributed by atoms with Crippen molar-refractivity contribution in [1.82, 2.24) is 19.3 Å². The van der Waals surface area contributed by atoms with E-state index in [1.54, 1.807) is 16.2 Å². The summed E-state index contributed by atoms with van der Waals surface area (Å²) in [7, 11) is 0. The first kappa shape index (κ1) is 18.4. The predicted octanol–water partition coefficient (Wildman–Crippen LogP) is 3.99. The van der Waals surface area contributed by atoms with Crippen molar-refractivity contribution in [3.05, 3.63) is 46.4 Å². The van der Waals surface area contributed by atoms with Gasteiger partial charge >= 0.3 is 6.18 Å². The third-order valence-corrected chi connectivity index (χ3v) is 6.68. The SMILES string of the molecule is O=C(c1cc2c(nc3sccn32)s1)N1CCN(c2ccc(C(F)(F)F)cn2)CC1. The second-order valence-corrected chi connectivity index (χ2v) is 8.55. The molecule has 0 N–H and O–H groups in total. The third-order valence-electron chi connectivity index (χ3n) is 4.92. The summed E-state index contributed by atoms with van der Waals surface area (Å²) in [5.41, 5.74) is 0.167. The fourth-order valence-corrected chi connectivity index (χ4v) is 5.16. The molecule has 11 heteroatoms. The molecule has 1 saturated heterocycles. The maximum Gasteiger partial charge on any atom is 0.417 e. The number of fused-ring (bicyclic) bond motifs is 3. The quantitative estimate of drug-likeness (QED) is 0.476. The van der Waals surface area contributed by atoms with E-state index in [0.717, 1.165) is 27.6 Å². The number of nitrogens with zero attached hydrogens (tertiary/aromatic N) is 5. The van der Waals surface area contributed by atoms with Crippen molar-refractivity contribution in [2.45, 2.75) is 6.18 Å². The summed E-state index contributed by atoms with van der Waals surface area (Å²) in [6, 6.07) is 4.28. The second-order valence-electron chi connectivity index (χ2n) is 6.65. The van der Waals surface area contributed by atoms with Crippen LogP contribution in [-0.4, -0.2) is 51.4 Å². The highest BCUT2D eigenvalue weighted by Gasteiger charge is 2.31. The van der Waals surface area contributed by atoms with Crippen LogP contribution in [-0.2, 0) is 6.18 Å². The molecule has 0 aliphatic carbocycles. The summed E-state index contributed by atoms with van der Waals surface area (Å²) in [6.45, 7) is 2.00. The molecule has 0 bridgehead atoms. The van der Waals surface area contributed by atoms with Gasteiger partial charge in [-0.3, -0.25) is 9.20 Å². The van der Waals surface area contributed by atoms with Crippen LogP contribution in [0.3, 0.4) is 0 Å². The molecule has 0 unspecified atom stereocenters. The molecule has 1 aliphatic heterocycles. The standard InChI is InChI=1S/C18H14F3N5OS2/c19-18(20,21)11-1-2-14(22-10-11)24-3-5-25(6-4-24)16(27)13-9-12-15(29-13)23-17-26(12)7-8-28-17/h1-2,7-10H,3-6H2. The van der Waals surface area contributed by atoms with E-state index >= 15 is 0 Å². The number of carbonyl (C=O) groups is 1. The Hall–Kier alpha value is -2.66. The van der Waals surface area contributed by atoms with Crippen molar-refractivity contribution in [3.8, 4) is 0 Å². The lowest BCUT2D eigenvalue weighted by molar-refractivity contribution is -0.137. The highest BCUT2D eigenvalue weighted by molar-refractivity contribution is 7.21. The van der Waals surface area contributed by atoms with Crippen LogP contribution in [0.5, 0.6) is 0 Å². The van der Waals surface area contributed by atoms with E-state index in [1.807, 2.05) is 26.9 Å². The Bertz CT molecular complexity index is 1190. The Morgan fingerprint density at radius 2 is 1.93 bits per heavy atom. The summed E-state index contributed by atoms with van der Waals surface area (Å²) in [4.78, 5) is 27.4. The van der Waals surface area contributed by atoms with Gasteiger partial charge in [-0.25, -0.2) is 9.97 Å². The molecule has 1 fully saturated rings. The van der Waals surface area contributed by atoms with E-state index in [-0.39, 0.29) is 5.91 Å². The Morgan fingerprint density at radius 1 is 1.14 bits per heavy atom. The van der Waals surface area contributed by atoms with E-state index in [0.29, 0.717) is 36.9 Å². The van der Waals surface area contributed by atoms with Crippen molar-refractivity contribution in [2.24, 2.45) is 0 Å². The van der Waals surface area contributed by atoms with E-state index < -0.39 is 11.7 Å². The molecule has 4 aromatic heterocycles. The molecular weight excluding hydrogens is 423 g/mol. The Balaban J connectivity index is 1.27. The minimum atomic E-state index is -4.40. The van der Waals surface area contributed by atoms with Gasteiger partial charge in [0.15, 0.2) is 4.96 Å². The van der Waals surface area contributed by atoms with E-state index in [4.69, 9.17) is 0 Å². The Morgan fingerprint density at radius 3 is 2.62 bits per heavy atom. The lowest BCUT2D eigenvalue weighted by Gasteiger charge is -2.35. The van der Waals surface area contributed by atoms with Gasteiger partial charge in [0.05, 0.1) is 16.0 Å². The van der Waals surface area contributed by atoms with Crippen molar-refractivity contribution < 1.29 is 18.0 Å². The number of hydrogen-bond donors (Lipinski definition) is 0. The van der Waals surface area contributed by atoms with Gasteiger partial charge in [0, 0.05) is 44.0 Å². The van der Waals surface area contributed by atoms with Crippen LogP contribution < -0.4 is 4.90 Å². The number of thiazole rings is 1. The van der Waals surface area contributed by atoms with Gasteiger partial charge in [-0.1, -0.05) is 0 Å². The number of anilines is 1. The monoisotopic (exact) mass is 437 g/mol. The van der Waals surface area contributed by atoms with Gasteiger partial charge in [0.2, 0.25) is 0 Å². The summed E-state index contributed by atoms with van der Waals surface area (Å²) >= 11 is 2.93. The van der Waals surface area contributed by atoms with Crippen LogP contribution in [0.4, 0.5) is 19.0 Å². The summed E-state index contributed by atoms with van der Waals surface area (Å²) in [5, 5.41) is 1.95. The number of piperazine rings is 1. The number of halogens is 3. The molecular formula is C18H14F3N5OS2. The molecule has 29 heavy (non-hydrogen) atoms. The van der Waals surface area contributed by atoms with Gasteiger partial charge in [-0.2, -0.15) is 13.2 Å². The molecule has 0 spiro atoms. The topological polar surface area (TPSA) is 53.7 Å². The fourth-order valence-electron chi connectivity index (χ4n) is 3.39. The molecule has 0 aromatic carbocycles. The average Bonchev–Trinajstić information content (AvgIpc) is 3.39. The van der Waals surface area contributed by atoms with Crippen LogP contribution in [0.2, 0.25) is 0 Å². The molecule has 0 saturated carbocycles. The molecule has 0 radical (unpaired) electrons. The number of amides is 1. The highest BCUT2D eigenvalue weighted by Crippen LogP contribution is 2.31. The number of aromatic nitrogens is 3. The first-order valence-corrected chi connectivity index (χ1v) is 10.5. The van der Waals surface area contributed by atoms with Crippen LogP contribution >= 0.6 is 22.7 Å². The van der Waals surface area contributed by atoms with Crippen molar-refractivity contribution >= 4 is 49.7 Å². The zero-order valence-corrected chi connectivity index (χ0v) is 16.5. The molecule has 150 valence electrons. The number of imidazole rings is 1. The summed E-state index contributed by atoms with van der Waals surface area (Å²) in [6.07, 6.45) is -1.61. The molecule has 1 amide bonds. The molecule has 0 atom stereocenters. The lowest BCUT2D eigenvalue weighted by Crippen LogP contribution is -2.48. The smallest absolute Gasteiger partial charge is 0.353 e. The Labute approximate surface area is 170 Å². The molecule has 5 rings (SSSR count). The summed E-state index contributed by atoms with van der Waals surface area (Å²) in [5.74, 6) is 0.442. The number of pyridine rings is 1. The zero-order valence-electron chi connectivity index (χ0n) is 14.9. The third kappa shape index (κ3) is 3.23. The second kappa shape index (κ2) is 6.70. The normalized spacial score (nSPS) is 15.6. The van der Waals surface area contributed by atoms with Crippen molar-refractivity contribution in [1.29, 1.82) is 0 Å². The molecule has 5 heterocycles. The van der Waals surface area contributed by atoms with Gasteiger partial charge in [0.25, 0.3) is 5.91 Å². The average molecular weight is 437 g/mol. The van der Waals surface area contributed by atoms with Gasteiger partial charge in [-0.05, 0) is 18.2 Å². The van der Waals surface area contributed by atoms with Crippen LogP contribution in [0.25, 0.3) is 15.3 Å². The van der Waals surface area contributed by atoms with E-state index in [2.05, 4.69) is 9.97 Å². The van der Waals surface area contributed by atoms with Crippen molar-refractivity contribution in [3.63, 3.8) is 0 Å². The zero-order chi connectivity index (χ0) is 20.2. The number of thiophene rings is 1. The van der Waals surface area contributed by atoms with Gasteiger partial charge in [0.1, 0.15) is 10.6 Å². The van der Waals surface area contributed by atoms with Gasteiger partial charge in [-0.15, -0.1) is 22.7 Å². The first-order chi connectivity index (χ1) is 13.9. The van der Waals surface area contributed by atoms with Crippen LogP contribution in [0.15, 0.2) is 36.0 Å². The largest absolute Gasteiger partial charge is 0.417 e. The van der Waals surface area contributed by atoms with Crippen LogP contribution in [0, 0.1) is 0 Å². The van der Waals surface area contributed by atoms with E-state index in [1.165, 1.54) is 17.4 Å². The van der Waals surface area contributed by atoms with Crippen LogP contribution in [0.1, 0.15) is 15.2 Å². The maximum absolute atomic E-state index is 12.9. The number of carbonyl (C=O) groups excluding carboxylic acids is 1. The first-order valence-electron chi connectivity index (χ1n) is 8.83. The predicted molar refractivity (Wildman–Crippen MR) is 106 cm³/mol. The summed E-state index contributed by atoms with van der Waals surface area (Å²) < 4.78 is 40.0. The number of hydrogen-bond acceptors (Lipinski definition) is 6. The number of rotatable bonds is 2. The maximum atomic E-state index is 12.9. The molecule has 1 aliphatic rings. The molecule has 4 aromatic rings. The lowest BCUT2D eigenvalue weighted by atomic mass is 10.2.